The average molecular weight is 247 g/mol. The molecule has 0 bridgehead atoms. The molecule has 0 spiro atoms. The number of methoxy groups -OCH3 is 1. The summed E-state index contributed by atoms with van der Waals surface area (Å²) in [5.41, 5.74) is 0.0810. The first-order valence-electron chi connectivity index (χ1n) is 5.92. The number of Topliss-reactive ketones (excluding diaryl/α,β-unsaturated/α-hetero) is 1. The lowest BCUT2D eigenvalue weighted by atomic mass is 10.0. The van der Waals surface area contributed by atoms with Gasteiger partial charge < -0.3 is 9.64 Å². The Morgan fingerprint density at radius 3 is 2.56 bits per heavy atom. The summed E-state index contributed by atoms with van der Waals surface area (Å²) in [6, 6.07) is 7.08. The van der Waals surface area contributed by atoms with Gasteiger partial charge in [0, 0.05) is 12.0 Å². The molecular weight excluding hydrogens is 230 g/mol. The predicted octanol–water partition coefficient (Wildman–Crippen LogP) is 1.89. The maximum absolute atomic E-state index is 12.5. The Kier molecular flexibility index (Phi) is 3.11. The molecule has 2 rings (SSSR count). The molecule has 1 saturated heterocycles. The van der Waals surface area contributed by atoms with Crippen LogP contribution in [0.3, 0.4) is 0 Å². The first kappa shape index (κ1) is 12.6. The summed E-state index contributed by atoms with van der Waals surface area (Å²) < 4.78 is 5.19. The molecule has 18 heavy (non-hydrogen) atoms. The predicted molar refractivity (Wildman–Crippen MR) is 67.7 cm³/mol. The zero-order chi connectivity index (χ0) is 13.3. The van der Waals surface area contributed by atoms with Crippen LogP contribution in [-0.2, 0) is 4.79 Å². The summed E-state index contributed by atoms with van der Waals surface area (Å²) in [6.07, 6.45) is 0.411. The topological polar surface area (TPSA) is 46.6 Å². The van der Waals surface area contributed by atoms with E-state index in [0.29, 0.717) is 17.7 Å². The van der Waals surface area contributed by atoms with E-state index in [4.69, 9.17) is 4.74 Å². The van der Waals surface area contributed by atoms with Gasteiger partial charge in [-0.2, -0.15) is 0 Å². The molecule has 4 nitrogen and oxygen atoms in total. The number of hydrogen-bond acceptors (Lipinski definition) is 3. The molecule has 1 fully saturated rings. The maximum Gasteiger partial charge on any atom is 0.258 e. The molecule has 0 N–H and O–H groups in total. The summed E-state index contributed by atoms with van der Waals surface area (Å²) >= 11 is 0. The van der Waals surface area contributed by atoms with Crippen molar-refractivity contribution in [1.82, 2.24) is 4.90 Å². The second kappa shape index (κ2) is 4.44. The van der Waals surface area contributed by atoms with E-state index >= 15 is 0 Å². The number of benzene rings is 1. The van der Waals surface area contributed by atoms with Gasteiger partial charge in [-0.1, -0.05) is 12.1 Å². The molecule has 0 aliphatic carbocycles. The Labute approximate surface area is 107 Å². The first-order valence-corrected chi connectivity index (χ1v) is 5.92. The van der Waals surface area contributed by atoms with Crippen molar-refractivity contribution in [2.75, 3.05) is 13.7 Å². The molecule has 0 saturated carbocycles. The first-order chi connectivity index (χ1) is 8.45. The van der Waals surface area contributed by atoms with E-state index < -0.39 is 5.54 Å². The summed E-state index contributed by atoms with van der Waals surface area (Å²) in [5, 5.41) is 0. The molecular formula is C14H17NO3. The van der Waals surface area contributed by atoms with Crippen molar-refractivity contribution in [3.63, 3.8) is 0 Å². The number of nitrogens with zero attached hydrogens (tertiary/aromatic N) is 1. The van der Waals surface area contributed by atoms with Crippen molar-refractivity contribution in [3.8, 4) is 5.75 Å². The third kappa shape index (κ3) is 2.10. The van der Waals surface area contributed by atoms with Crippen molar-refractivity contribution < 1.29 is 14.3 Å². The standard InChI is InChI=1S/C14H17NO3/c1-14(2)8-10(16)9-15(14)13(17)11-6-4-5-7-12(11)18-3/h4-7H,8-9H2,1-3H3. The normalized spacial score (nSPS) is 17.9. The molecule has 0 radical (unpaired) electrons. The molecule has 1 aromatic carbocycles. The number of hydrogen-bond donors (Lipinski definition) is 0. The van der Waals surface area contributed by atoms with Crippen molar-refractivity contribution in [3.05, 3.63) is 29.8 Å². The van der Waals surface area contributed by atoms with Crippen LogP contribution in [0.25, 0.3) is 0 Å². The van der Waals surface area contributed by atoms with Crippen LogP contribution < -0.4 is 4.74 Å². The highest BCUT2D eigenvalue weighted by Gasteiger charge is 2.41. The van der Waals surface area contributed by atoms with Gasteiger partial charge in [-0.05, 0) is 26.0 Å². The second-order valence-electron chi connectivity index (χ2n) is 5.12. The lowest BCUT2D eigenvalue weighted by Gasteiger charge is -2.31. The molecule has 1 amide bonds. The molecule has 0 atom stereocenters. The molecule has 0 unspecified atom stereocenters. The van der Waals surface area contributed by atoms with Crippen LogP contribution in [0, 0.1) is 0 Å². The average Bonchev–Trinajstić information content (AvgIpc) is 2.61. The summed E-state index contributed by atoms with van der Waals surface area (Å²) in [5.74, 6) is 0.490. The van der Waals surface area contributed by atoms with Crippen molar-refractivity contribution >= 4 is 11.7 Å². The maximum atomic E-state index is 12.5. The number of amides is 1. The SMILES string of the molecule is COc1ccccc1C(=O)N1CC(=O)CC1(C)C. The largest absolute Gasteiger partial charge is 0.496 e. The fraction of sp³-hybridized carbons (Fsp3) is 0.429. The van der Waals surface area contributed by atoms with Gasteiger partial charge in [0.05, 0.1) is 19.2 Å². The number of ketones is 1. The van der Waals surface area contributed by atoms with Gasteiger partial charge in [0.15, 0.2) is 5.78 Å². The monoisotopic (exact) mass is 247 g/mol. The minimum Gasteiger partial charge on any atom is -0.496 e. The minimum atomic E-state index is -0.422. The highest BCUT2D eigenvalue weighted by molar-refractivity contribution is 6.01. The quantitative estimate of drug-likeness (QED) is 0.801. The van der Waals surface area contributed by atoms with Crippen molar-refractivity contribution in [2.45, 2.75) is 25.8 Å². The highest BCUT2D eigenvalue weighted by atomic mass is 16.5. The van der Waals surface area contributed by atoms with Crippen molar-refractivity contribution in [2.24, 2.45) is 0 Å². The summed E-state index contributed by atoms with van der Waals surface area (Å²) in [6.45, 7) is 4.00. The van der Waals surface area contributed by atoms with E-state index in [2.05, 4.69) is 0 Å². The third-order valence-corrected chi connectivity index (χ3v) is 3.28. The van der Waals surface area contributed by atoms with Gasteiger partial charge in [0.25, 0.3) is 5.91 Å². The van der Waals surface area contributed by atoms with E-state index in [1.54, 1.807) is 23.1 Å². The van der Waals surface area contributed by atoms with Crippen molar-refractivity contribution in [1.29, 1.82) is 0 Å². The lowest BCUT2D eigenvalue weighted by Crippen LogP contribution is -2.42. The number of rotatable bonds is 2. The number of para-hydroxylation sites is 1. The molecule has 1 aliphatic rings. The summed E-state index contributed by atoms with van der Waals surface area (Å²) in [7, 11) is 1.53. The van der Waals surface area contributed by atoms with Crippen LogP contribution in [0.15, 0.2) is 24.3 Å². The van der Waals surface area contributed by atoms with Crippen LogP contribution >= 0.6 is 0 Å². The third-order valence-electron chi connectivity index (χ3n) is 3.28. The Bertz CT molecular complexity index is 494. The van der Waals surface area contributed by atoms with E-state index in [1.165, 1.54) is 7.11 Å². The minimum absolute atomic E-state index is 0.100. The van der Waals surface area contributed by atoms with Gasteiger partial charge >= 0.3 is 0 Å². The van der Waals surface area contributed by atoms with Crippen LogP contribution in [0.1, 0.15) is 30.6 Å². The van der Waals surface area contributed by atoms with Gasteiger partial charge in [0.1, 0.15) is 5.75 Å². The van der Waals surface area contributed by atoms with Crippen LogP contribution in [0.4, 0.5) is 0 Å². The number of likely N-dealkylation sites (tertiary alicyclic amines) is 1. The summed E-state index contributed by atoms with van der Waals surface area (Å²) in [4.78, 5) is 25.6. The Balaban J connectivity index is 2.34. The lowest BCUT2D eigenvalue weighted by molar-refractivity contribution is -0.116. The highest BCUT2D eigenvalue weighted by Crippen LogP contribution is 2.30. The Morgan fingerprint density at radius 1 is 1.33 bits per heavy atom. The Hall–Kier alpha value is -1.84. The van der Waals surface area contributed by atoms with Gasteiger partial charge in [-0.25, -0.2) is 0 Å². The second-order valence-corrected chi connectivity index (χ2v) is 5.12. The zero-order valence-corrected chi connectivity index (χ0v) is 10.9. The molecule has 96 valence electrons. The van der Waals surface area contributed by atoms with Crippen LogP contribution in [-0.4, -0.2) is 35.8 Å². The van der Waals surface area contributed by atoms with Gasteiger partial charge in [0.2, 0.25) is 0 Å². The zero-order valence-electron chi connectivity index (χ0n) is 10.9. The molecule has 1 heterocycles. The van der Waals surface area contributed by atoms with Crippen LogP contribution in [0.5, 0.6) is 5.75 Å². The van der Waals surface area contributed by atoms with E-state index in [-0.39, 0.29) is 18.2 Å². The number of ether oxygens (including phenoxy) is 1. The fourth-order valence-corrected chi connectivity index (χ4v) is 2.34. The van der Waals surface area contributed by atoms with Crippen LogP contribution in [0.2, 0.25) is 0 Å². The number of carbonyl (C=O) groups excluding carboxylic acids is 2. The van der Waals surface area contributed by atoms with E-state index in [9.17, 15) is 9.59 Å². The number of carbonyl (C=O) groups is 2. The van der Waals surface area contributed by atoms with Gasteiger partial charge in [-0.3, -0.25) is 9.59 Å². The van der Waals surface area contributed by atoms with E-state index in [1.807, 2.05) is 19.9 Å². The van der Waals surface area contributed by atoms with Gasteiger partial charge in [-0.15, -0.1) is 0 Å². The fourth-order valence-electron chi connectivity index (χ4n) is 2.34. The smallest absolute Gasteiger partial charge is 0.258 e. The molecule has 1 aromatic rings. The van der Waals surface area contributed by atoms with E-state index in [0.717, 1.165) is 0 Å². The molecule has 1 aliphatic heterocycles. The molecule has 0 aromatic heterocycles. The molecule has 4 heteroatoms. The Morgan fingerprint density at radius 2 is 2.00 bits per heavy atom.